The molecule has 1 saturated heterocycles. The van der Waals surface area contributed by atoms with Crippen molar-refractivity contribution in [1.82, 2.24) is 9.55 Å². The van der Waals surface area contributed by atoms with Gasteiger partial charge >= 0.3 is 70.8 Å². The molecule has 0 saturated carbocycles. The van der Waals surface area contributed by atoms with E-state index in [0.29, 0.717) is 6.42 Å². The molecule has 67 heavy (non-hydrogen) atoms. The zero-order chi connectivity index (χ0) is 47.6. The first-order valence-electron chi connectivity index (χ1n) is 25.0. The Kier molecular flexibility index (Phi) is 42.4. The van der Waals surface area contributed by atoms with Gasteiger partial charge in [0, 0.05) is 18.4 Å². The van der Waals surface area contributed by atoms with Gasteiger partial charge in [0.1, 0.15) is 30.2 Å². The molecule has 2 rings (SSSR count). The molecule has 21 heteroatoms. The van der Waals surface area contributed by atoms with Crippen LogP contribution in [-0.2, 0) is 36.8 Å². The number of aliphatic hydroxyl groups excluding tert-OH is 2. The molecule has 0 radical (unpaired) electrons. The van der Waals surface area contributed by atoms with Crippen LogP contribution in [0.1, 0.15) is 213 Å². The maximum absolute atomic E-state index is 12.9. The summed E-state index contributed by atoms with van der Waals surface area (Å²) in [6.45, 7) is 2.85. The smallest absolute Gasteiger partial charge is 0.756 e. The zero-order valence-electron chi connectivity index (χ0n) is 41.7. The number of hydrogen-bond donors (Lipinski definition) is 3. The van der Waals surface area contributed by atoms with Crippen LogP contribution in [0.5, 0.6) is 0 Å². The molecule has 1 aliphatic heterocycles. The molecule has 1 aromatic rings. The minimum atomic E-state index is -5.64. The molecule has 7 unspecified atom stereocenters. The number of unbranched alkanes of at least 4 members (excludes halogenated alkanes) is 27. The Morgan fingerprint density at radius 3 is 1.63 bits per heavy atom. The van der Waals surface area contributed by atoms with Crippen LogP contribution in [0.4, 0.5) is 5.82 Å². The summed E-state index contributed by atoms with van der Waals surface area (Å²) in [5.74, 6) is 0.430. The number of nitrogens with zero attached hydrogens (tertiary/aromatic N) is 2. The summed E-state index contributed by atoms with van der Waals surface area (Å²) in [5.41, 5.74) is 4.60. The van der Waals surface area contributed by atoms with Gasteiger partial charge in [-0.2, -0.15) is 16.7 Å². The summed E-state index contributed by atoms with van der Waals surface area (Å²) >= 11 is 1.50. The summed E-state index contributed by atoms with van der Waals surface area (Å²) in [4.78, 5) is 53.9. The number of ether oxygens (including phenoxy) is 2. The van der Waals surface area contributed by atoms with Gasteiger partial charge < -0.3 is 44.3 Å². The van der Waals surface area contributed by atoms with Crippen molar-refractivity contribution in [1.29, 1.82) is 0 Å². The fourth-order valence-electron chi connectivity index (χ4n) is 7.84. The van der Waals surface area contributed by atoms with Crippen LogP contribution in [0.2, 0.25) is 0 Å². The van der Waals surface area contributed by atoms with E-state index in [0.717, 1.165) is 48.8 Å². The number of hydrogen-bond acceptors (Lipinski definition) is 16. The second kappa shape index (κ2) is 42.0. The Bertz CT molecular complexity index is 1540. The molecule has 0 bridgehead atoms. The predicted molar refractivity (Wildman–Crippen MR) is 254 cm³/mol. The fourth-order valence-corrected chi connectivity index (χ4v) is 10.9. The van der Waals surface area contributed by atoms with E-state index >= 15 is 0 Å². The van der Waals surface area contributed by atoms with Crippen molar-refractivity contribution in [3.63, 3.8) is 0 Å². The largest absolute Gasteiger partial charge is 1.00 e. The maximum Gasteiger partial charge on any atom is 1.00 e. The van der Waals surface area contributed by atoms with Crippen LogP contribution in [0.25, 0.3) is 0 Å². The molecular weight excluding hydrogens is 943 g/mol. The summed E-state index contributed by atoms with van der Waals surface area (Å²) in [6.07, 6.45) is 29.4. The minimum absolute atomic E-state index is 0. The third kappa shape index (κ3) is 33.9. The first-order valence-corrected chi connectivity index (χ1v) is 29.1. The van der Waals surface area contributed by atoms with Gasteiger partial charge in [0.15, 0.2) is 6.23 Å². The Balaban J connectivity index is 0.0000218. The normalized spacial score (nSPS) is 19.3. The van der Waals surface area contributed by atoms with Gasteiger partial charge in [0.25, 0.3) is 15.6 Å². The topological polar surface area (TPSA) is 245 Å². The number of carbonyl (C=O) groups is 1. The van der Waals surface area contributed by atoms with Crippen LogP contribution in [0.3, 0.4) is 0 Å². The Morgan fingerprint density at radius 2 is 1.16 bits per heavy atom. The number of esters is 1. The molecule has 4 N–H and O–H groups in total. The number of carbonyl (C=O) groups excluding carboxylic acids is 1. The van der Waals surface area contributed by atoms with Crippen LogP contribution in [-0.4, -0.2) is 74.9 Å². The molecule has 1 aliphatic rings. The van der Waals surface area contributed by atoms with E-state index < -0.39 is 71.2 Å². The van der Waals surface area contributed by atoms with Crippen LogP contribution in [0.15, 0.2) is 17.1 Å². The first-order chi connectivity index (χ1) is 31.3. The number of aliphatic hydroxyl groups is 2. The Hall–Kier alpha value is 0.640. The average Bonchev–Trinajstić information content (AvgIpc) is 3.54. The van der Waals surface area contributed by atoms with Gasteiger partial charge in [-0.1, -0.05) is 187 Å². The molecule has 1 aromatic heterocycles. The average molecular weight is 1030 g/mol. The number of nitrogens with two attached hydrogens (primary N) is 1. The molecule has 380 valence electrons. The van der Waals surface area contributed by atoms with Gasteiger partial charge in [-0.3, -0.25) is 18.5 Å². The van der Waals surface area contributed by atoms with E-state index in [-0.39, 0.29) is 77.1 Å². The monoisotopic (exact) mass is 1030 g/mol. The third-order valence-corrected chi connectivity index (χ3v) is 15.4. The quantitative estimate of drug-likeness (QED) is 0.0364. The standard InChI is InChI=1S/C46H87N3O13P2S.2Na/c1-3-5-7-9-11-13-15-17-19-20-22-24-26-28-30-32-42(50)60-39(38-65-35-31-29-27-25-23-21-18-16-14-12-10-8-6-4-2)36-58-63(54,55)62-64(56,57)59-37-40-43(51)44(52)45(61-40)49-34-33-41(47)48-46(49)53;;/h33-34,39-40,43-45,51-52H,3-32,35-38H2,1-2H3,(H,54,55)(H,56,57)(H2,47,48,53);;/q;2*+1/p-2. The van der Waals surface area contributed by atoms with Gasteiger partial charge in [0.2, 0.25) is 0 Å². The molecule has 0 spiro atoms. The van der Waals surface area contributed by atoms with Crippen molar-refractivity contribution in [2.24, 2.45) is 0 Å². The summed E-state index contributed by atoms with van der Waals surface area (Å²) in [7, 11) is -11.2. The first kappa shape index (κ1) is 67.6. The van der Waals surface area contributed by atoms with Crippen molar-refractivity contribution in [2.45, 2.75) is 237 Å². The van der Waals surface area contributed by atoms with E-state index in [4.69, 9.17) is 19.7 Å². The maximum atomic E-state index is 12.9. The Morgan fingerprint density at radius 1 is 0.731 bits per heavy atom. The van der Waals surface area contributed by atoms with Crippen LogP contribution >= 0.6 is 27.4 Å². The number of rotatable bonds is 43. The van der Waals surface area contributed by atoms with Gasteiger partial charge in [-0.25, -0.2) is 9.11 Å². The van der Waals surface area contributed by atoms with Crippen molar-refractivity contribution < 1.29 is 116 Å². The molecule has 2 heterocycles. The summed E-state index contributed by atoms with van der Waals surface area (Å²) in [6, 6.07) is 1.26. The molecule has 0 aromatic carbocycles. The molecule has 1 fully saturated rings. The van der Waals surface area contributed by atoms with Crippen molar-refractivity contribution in [3.8, 4) is 0 Å². The zero-order valence-corrected chi connectivity index (χ0v) is 48.3. The number of phosphoric ester groups is 2. The number of aromatic nitrogens is 2. The Labute approximate surface area is 451 Å². The van der Waals surface area contributed by atoms with E-state index in [1.165, 1.54) is 165 Å². The van der Waals surface area contributed by atoms with Crippen molar-refractivity contribution in [3.05, 3.63) is 22.7 Å². The van der Waals surface area contributed by atoms with Crippen LogP contribution < -0.4 is 80.3 Å². The van der Waals surface area contributed by atoms with Crippen molar-refractivity contribution in [2.75, 3.05) is 30.5 Å². The molecule has 0 amide bonds. The predicted octanol–water partition coefficient (Wildman–Crippen LogP) is 3.83. The number of anilines is 1. The van der Waals surface area contributed by atoms with Gasteiger partial charge in [0.05, 0.1) is 13.2 Å². The molecule has 0 aliphatic carbocycles. The third-order valence-electron chi connectivity index (χ3n) is 11.7. The van der Waals surface area contributed by atoms with E-state index in [9.17, 15) is 38.7 Å². The summed E-state index contributed by atoms with van der Waals surface area (Å²) < 4.78 is 51.1. The number of nitrogen functional groups attached to an aromatic ring is 1. The summed E-state index contributed by atoms with van der Waals surface area (Å²) in [5, 5.41) is 20.9. The van der Waals surface area contributed by atoms with Gasteiger partial charge in [-0.15, -0.1) is 0 Å². The van der Waals surface area contributed by atoms with E-state index in [2.05, 4.69) is 27.7 Å². The molecule has 16 nitrogen and oxygen atoms in total. The minimum Gasteiger partial charge on any atom is -0.756 e. The number of phosphoric acid groups is 2. The second-order valence-electron chi connectivity index (χ2n) is 17.6. The van der Waals surface area contributed by atoms with Crippen molar-refractivity contribution >= 4 is 39.2 Å². The number of thioether (sulfide) groups is 1. The molecule has 7 atom stereocenters. The van der Waals surface area contributed by atoms with Crippen LogP contribution in [0, 0.1) is 0 Å². The van der Waals surface area contributed by atoms with E-state index in [1.54, 1.807) is 0 Å². The fraction of sp³-hybridized carbons (Fsp3) is 0.891. The SMILES string of the molecule is CCCCCCCCCCCCCCCCCC(=O)OC(COP(=O)([O-])OP(=O)([O-])OCC1OC(n2ccc(N)nc2=O)C(O)C1O)CSCCCCCCCCCCCCCCCC.[Na+].[Na+]. The second-order valence-corrected chi connectivity index (χ2v) is 21.7. The van der Waals surface area contributed by atoms with Gasteiger partial charge in [-0.05, 0) is 24.7 Å². The molecular formula is C46H85N3Na2O13P2S. The van der Waals surface area contributed by atoms with E-state index in [1.807, 2.05) is 0 Å².